The Morgan fingerprint density at radius 2 is 1.86 bits per heavy atom. The number of hydrogen-bond acceptors (Lipinski definition) is 5. The molecule has 0 aliphatic rings. The molecular formula is C13H13F3N2O2S. The van der Waals surface area contributed by atoms with E-state index in [9.17, 15) is 18.3 Å². The highest BCUT2D eigenvalue weighted by molar-refractivity contribution is 7.98. The van der Waals surface area contributed by atoms with Gasteiger partial charge in [-0.3, -0.25) is 0 Å². The van der Waals surface area contributed by atoms with Gasteiger partial charge in [-0.15, -0.1) is 11.8 Å². The fourth-order valence-electron chi connectivity index (χ4n) is 1.70. The molecule has 1 heterocycles. The fraction of sp³-hybridized carbons (Fsp3) is 0.385. The number of benzene rings is 1. The summed E-state index contributed by atoms with van der Waals surface area (Å²) in [4.78, 5) is 4.97. The molecule has 0 aliphatic carbocycles. The highest BCUT2D eigenvalue weighted by Crippen LogP contribution is 2.31. The lowest BCUT2D eigenvalue weighted by Crippen LogP contribution is -2.33. The highest BCUT2D eigenvalue weighted by Gasteiger charge is 2.44. The van der Waals surface area contributed by atoms with Crippen LogP contribution in [0.2, 0.25) is 0 Å². The SMILES string of the molecule is CSc1ccc(-c2noc(C(C)C(O)C(F)(F)F)n2)cc1. The van der Waals surface area contributed by atoms with E-state index in [2.05, 4.69) is 10.1 Å². The van der Waals surface area contributed by atoms with Crippen LogP contribution in [0.15, 0.2) is 33.7 Å². The summed E-state index contributed by atoms with van der Waals surface area (Å²) in [7, 11) is 0. The molecule has 1 N–H and O–H groups in total. The molecule has 2 rings (SSSR count). The molecule has 4 nitrogen and oxygen atoms in total. The van der Waals surface area contributed by atoms with Crippen molar-refractivity contribution in [2.75, 3.05) is 6.26 Å². The van der Waals surface area contributed by atoms with Crippen LogP contribution in [0.25, 0.3) is 11.4 Å². The maximum atomic E-state index is 12.5. The minimum atomic E-state index is -4.73. The molecule has 0 radical (unpaired) electrons. The Morgan fingerprint density at radius 1 is 1.24 bits per heavy atom. The molecule has 2 atom stereocenters. The zero-order chi connectivity index (χ0) is 15.6. The summed E-state index contributed by atoms with van der Waals surface area (Å²) in [5.41, 5.74) is 0.636. The van der Waals surface area contributed by atoms with Crippen molar-refractivity contribution in [1.29, 1.82) is 0 Å². The van der Waals surface area contributed by atoms with E-state index < -0.39 is 18.2 Å². The van der Waals surface area contributed by atoms with Gasteiger partial charge < -0.3 is 9.63 Å². The van der Waals surface area contributed by atoms with E-state index in [1.165, 1.54) is 6.92 Å². The summed E-state index contributed by atoms with van der Waals surface area (Å²) in [6.07, 6.45) is -5.33. The van der Waals surface area contributed by atoms with Crippen LogP contribution in [0.1, 0.15) is 18.7 Å². The van der Waals surface area contributed by atoms with Gasteiger partial charge in [-0.1, -0.05) is 12.1 Å². The second kappa shape index (κ2) is 6.07. The average Bonchev–Trinajstić information content (AvgIpc) is 2.94. The molecule has 1 aromatic carbocycles. The zero-order valence-corrected chi connectivity index (χ0v) is 12.1. The van der Waals surface area contributed by atoms with E-state index >= 15 is 0 Å². The van der Waals surface area contributed by atoms with E-state index in [1.54, 1.807) is 23.9 Å². The number of hydrogen-bond donors (Lipinski definition) is 1. The van der Waals surface area contributed by atoms with Gasteiger partial charge in [0.2, 0.25) is 11.7 Å². The van der Waals surface area contributed by atoms with Crippen molar-refractivity contribution in [3.8, 4) is 11.4 Å². The quantitative estimate of drug-likeness (QED) is 0.875. The monoisotopic (exact) mass is 318 g/mol. The summed E-state index contributed by atoms with van der Waals surface area (Å²) in [6, 6.07) is 7.21. The minimum absolute atomic E-state index is 0.193. The Balaban J connectivity index is 2.21. The first-order valence-corrected chi connectivity index (χ1v) is 7.28. The predicted octanol–water partition coefficient (Wildman–Crippen LogP) is 3.49. The first-order chi connectivity index (χ1) is 9.82. The molecule has 2 unspecified atom stereocenters. The molecule has 0 bridgehead atoms. The molecule has 114 valence electrons. The molecule has 1 aromatic heterocycles. The molecule has 0 spiro atoms. The molecule has 8 heteroatoms. The summed E-state index contributed by atoms with van der Waals surface area (Å²) in [6.45, 7) is 1.19. The van der Waals surface area contributed by atoms with Gasteiger partial charge >= 0.3 is 6.18 Å². The second-order valence-electron chi connectivity index (χ2n) is 4.46. The molecule has 2 aromatic rings. The number of thioether (sulfide) groups is 1. The van der Waals surface area contributed by atoms with Gasteiger partial charge in [0.25, 0.3) is 0 Å². The van der Waals surface area contributed by atoms with Crippen LogP contribution in [-0.2, 0) is 0 Å². The van der Waals surface area contributed by atoms with Crippen molar-refractivity contribution in [3.63, 3.8) is 0 Å². The van der Waals surface area contributed by atoms with Crippen molar-refractivity contribution in [2.24, 2.45) is 0 Å². The number of aliphatic hydroxyl groups excluding tert-OH is 1. The molecule has 0 amide bonds. The van der Waals surface area contributed by atoms with E-state index in [-0.39, 0.29) is 11.7 Å². The van der Waals surface area contributed by atoms with Gasteiger partial charge in [-0.2, -0.15) is 18.2 Å². The molecule has 21 heavy (non-hydrogen) atoms. The third-order valence-corrected chi connectivity index (χ3v) is 3.73. The third-order valence-electron chi connectivity index (χ3n) is 2.99. The predicted molar refractivity (Wildman–Crippen MR) is 72.0 cm³/mol. The second-order valence-corrected chi connectivity index (χ2v) is 5.34. The summed E-state index contributed by atoms with van der Waals surface area (Å²) in [5.74, 6) is -1.38. The van der Waals surface area contributed by atoms with Gasteiger partial charge in [0, 0.05) is 10.5 Å². The largest absolute Gasteiger partial charge is 0.415 e. The van der Waals surface area contributed by atoms with Crippen molar-refractivity contribution in [3.05, 3.63) is 30.2 Å². The third kappa shape index (κ3) is 3.56. The van der Waals surface area contributed by atoms with Crippen molar-refractivity contribution >= 4 is 11.8 Å². The first-order valence-electron chi connectivity index (χ1n) is 6.05. The number of halogens is 3. The molecule has 0 aliphatic heterocycles. The summed E-state index contributed by atoms with van der Waals surface area (Å²) >= 11 is 1.57. The van der Waals surface area contributed by atoms with Crippen LogP contribution < -0.4 is 0 Å². The first kappa shape index (κ1) is 15.8. The van der Waals surface area contributed by atoms with E-state index in [4.69, 9.17) is 4.52 Å². The van der Waals surface area contributed by atoms with Crippen molar-refractivity contribution < 1.29 is 22.8 Å². The lowest BCUT2D eigenvalue weighted by Gasteiger charge is -2.17. The Hall–Kier alpha value is -1.54. The number of nitrogens with zero attached hydrogens (tertiary/aromatic N) is 2. The number of rotatable bonds is 4. The zero-order valence-electron chi connectivity index (χ0n) is 11.3. The van der Waals surface area contributed by atoms with Crippen molar-refractivity contribution in [2.45, 2.75) is 30.0 Å². The Labute approximate surface area is 123 Å². The number of aromatic nitrogens is 2. The smallest absolute Gasteiger partial charge is 0.383 e. The topological polar surface area (TPSA) is 59.2 Å². The van der Waals surface area contributed by atoms with Gasteiger partial charge in [-0.25, -0.2) is 0 Å². The Kier molecular flexibility index (Phi) is 4.58. The summed E-state index contributed by atoms with van der Waals surface area (Å²) in [5, 5.41) is 12.9. The van der Waals surface area contributed by atoms with Gasteiger partial charge in [0.15, 0.2) is 6.10 Å². The van der Waals surface area contributed by atoms with E-state index in [0.717, 1.165) is 4.90 Å². The van der Waals surface area contributed by atoms with E-state index in [1.807, 2.05) is 18.4 Å². The molecular weight excluding hydrogens is 305 g/mol. The summed E-state index contributed by atoms with van der Waals surface area (Å²) < 4.78 is 42.2. The van der Waals surface area contributed by atoms with Crippen LogP contribution >= 0.6 is 11.8 Å². The normalized spacial score (nSPS) is 15.0. The highest BCUT2D eigenvalue weighted by atomic mass is 32.2. The minimum Gasteiger partial charge on any atom is -0.383 e. The van der Waals surface area contributed by atoms with Crippen LogP contribution in [0.3, 0.4) is 0 Å². The lowest BCUT2D eigenvalue weighted by atomic mass is 10.0. The van der Waals surface area contributed by atoms with Crippen LogP contribution in [0, 0.1) is 0 Å². The maximum absolute atomic E-state index is 12.5. The van der Waals surface area contributed by atoms with E-state index in [0.29, 0.717) is 5.56 Å². The number of aliphatic hydroxyl groups is 1. The van der Waals surface area contributed by atoms with Crippen molar-refractivity contribution in [1.82, 2.24) is 10.1 Å². The maximum Gasteiger partial charge on any atom is 0.415 e. The fourth-order valence-corrected chi connectivity index (χ4v) is 2.10. The molecule has 0 saturated carbocycles. The average molecular weight is 318 g/mol. The van der Waals surface area contributed by atoms with Gasteiger partial charge in [0.05, 0.1) is 5.92 Å². The van der Waals surface area contributed by atoms with Gasteiger partial charge in [0.1, 0.15) is 0 Å². The Morgan fingerprint density at radius 3 is 2.38 bits per heavy atom. The molecule has 0 fully saturated rings. The standard InChI is InChI=1S/C13H13F3N2O2S/c1-7(10(19)13(14,15)16)12-17-11(18-20-12)8-3-5-9(21-2)6-4-8/h3-7,10,19H,1-2H3. The van der Waals surface area contributed by atoms with Crippen LogP contribution in [0.4, 0.5) is 13.2 Å². The lowest BCUT2D eigenvalue weighted by molar-refractivity contribution is -0.210. The van der Waals surface area contributed by atoms with Crippen LogP contribution in [-0.4, -0.2) is 33.8 Å². The van der Waals surface area contributed by atoms with Crippen LogP contribution in [0.5, 0.6) is 0 Å². The Bertz CT molecular complexity index is 598. The molecule has 0 saturated heterocycles. The number of alkyl halides is 3. The van der Waals surface area contributed by atoms with Gasteiger partial charge in [-0.05, 0) is 30.5 Å².